The molecule has 0 aromatic rings. The summed E-state index contributed by atoms with van der Waals surface area (Å²) in [6.45, 7) is 0. The van der Waals surface area contributed by atoms with Crippen LogP contribution in [0.4, 0.5) is 0 Å². The van der Waals surface area contributed by atoms with Crippen LogP contribution in [0.25, 0.3) is 0 Å². The molecule has 0 aromatic heterocycles. The summed E-state index contributed by atoms with van der Waals surface area (Å²) in [5.74, 6) is 5.68. The second-order valence-electron chi connectivity index (χ2n) is 7.68. The molecule has 0 spiro atoms. The Kier molecular flexibility index (Phi) is 1.42. The minimum atomic E-state index is 0.837. The molecule has 8 rings (SSSR count). The average molecular weight is 214 g/mol. The maximum atomic E-state index is 2.64. The smallest absolute Gasteiger partial charge is 0.0191 e. The molecule has 0 amide bonds. The molecule has 4 bridgehead atoms. The van der Waals surface area contributed by atoms with Crippen LogP contribution in [0, 0.1) is 35.0 Å². The Hall–Kier alpha value is -0.260. The summed E-state index contributed by atoms with van der Waals surface area (Å²) in [6.07, 6.45) is 15.2. The van der Waals surface area contributed by atoms with Crippen molar-refractivity contribution in [2.75, 3.05) is 0 Å². The van der Waals surface area contributed by atoms with E-state index in [1.165, 1.54) is 30.6 Å². The van der Waals surface area contributed by atoms with Crippen molar-refractivity contribution < 1.29 is 0 Å². The Bertz CT molecular complexity index is 371. The third kappa shape index (κ3) is 0.901. The monoisotopic (exact) mass is 214 g/mol. The maximum Gasteiger partial charge on any atom is -0.0191 e. The van der Waals surface area contributed by atoms with E-state index in [1.54, 1.807) is 38.5 Å². The average Bonchev–Trinajstić information content (AvgIpc) is 2.04. The predicted molar refractivity (Wildman–Crippen MR) is 64.9 cm³/mol. The van der Waals surface area contributed by atoms with Gasteiger partial charge in [-0.05, 0) is 86.4 Å². The van der Waals surface area contributed by atoms with Gasteiger partial charge >= 0.3 is 0 Å². The van der Waals surface area contributed by atoms with Crippen molar-refractivity contribution in [3.8, 4) is 0 Å². The SMILES string of the molecule is C1=C2CC1CC1CC(C3CC4CCC43)(C2)C1. The van der Waals surface area contributed by atoms with E-state index in [4.69, 9.17) is 0 Å². The van der Waals surface area contributed by atoms with Crippen LogP contribution in [-0.2, 0) is 0 Å². The van der Waals surface area contributed by atoms with Crippen LogP contribution in [0.2, 0.25) is 0 Å². The molecular formula is C16H22. The first-order chi connectivity index (χ1) is 7.82. The van der Waals surface area contributed by atoms with Crippen LogP contribution in [0.1, 0.15) is 51.4 Å². The van der Waals surface area contributed by atoms with Crippen molar-refractivity contribution in [1.82, 2.24) is 0 Å². The van der Waals surface area contributed by atoms with Crippen molar-refractivity contribution in [2.45, 2.75) is 51.4 Å². The van der Waals surface area contributed by atoms with E-state index >= 15 is 0 Å². The number of fused-ring (bicyclic) bond motifs is 1. The van der Waals surface area contributed by atoms with Gasteiger partial charge in [-0.2, -0.15) is 0 Å². The first-order valence-electron chi connectivity index (χ1n) is 7.52. The topological polar surface area (TPSA) is 0 Å². The van der Waals surface area contributed by atoms with E-state index in [1.807, 2.05) is 5.57 Å². The Balaban J connectivity index is 1.44. The van der Waals surface area contributed by atoms with Crippen molar-refractivity contribution in [3.05, 3.63) is 11.6 Å². The molecule has 5 fully saturated rings. The van der Waals surface area contributed by atoms with Gasteiger partial charge in [-0.25, -0.2) is 0 Å². The molecular weight excluding hydrogens is 192 g/mol. The minimum Gasteiger partial charge on any atom is -0.0818 e. The Morgan fingerprint density at radius 1 is 1.12 bits per heavy atom. The highest BCUT2D eigenvalue weighted by atomic mass is 14.7. The zero-order valence-electron chi connectivity index (χ0n) is 10.1. The summed E-state index contributed by atoms with van der Waals surface area (Å²) in [6, 6.07) is 0. The fourth-order valence-electron chi connectivity index (χ4n) is 6.06. The lowest BCUT2D eigenvalue weighted by Gasteiger charge is -2.67. The van der Waals surface area contributed by atoms with Crippen LogP contribution < -0.4 is 0 Å². The molecule has 0 radical (unpaired) electrons. The van der Waals surface area contributed by atoms with Crippen LogP contribution in [0.15, 0.2) is 11.6 Å². The third-order valence-electron chi connectivity index (χ3n) is 6.94. The molecule has 0 N–H and O–H groups in total. The number of hydrogen-bond acceptors (Lipinski definition) is 0. The summed E-state index contributed by atoms with van der Waals surface area (Å²) >= 11 is 0. The largest absolute Gasteiger partial charge is 0.0818 e. The molecule has 0 heterocycles. The third-order valence-corrected chi connectivity index (χ3v) is 6.94. The molecule has 5 saturated carbocycles. The molecule has 0 aromatic carbocycles. The first kappa shape index (κ1) is 8.78. The molecule has 0 heteroatoms. The summed E-state index contributed by atoms with van der Waals surface area (Å²) < 4.78 is 0. The molecule has 8 aliphatic rings. The van der Waals surface area contributed by atoms with Crippen molar-refractivity contribution in [3.63, 3.8) is 0 Å². The lowest BCUT2D eigenvalue weighted by molar-refractivity contribution is -0.158. The van der Waals surface area contributed by atoms with Gasteiger partial charge in [-0.3, -0.25) is 0 Å². The van der Waals surface area contributed by atoms with E-state index in [2.05, 4.69) is 6.08 Å². The molecule has 0 saturated heterocycles. The van der Waals surface area contributed by atoms with Crippen molar-refractivity contribution >= 4 is 0 Å². The zero-order valence-corrected chi connectivity index (χ0v) is 10.1. The van der Waals surface area contributed by atoms with Crippen LogP contribution >= 0.6 is 0 Å². The Morgan fingerprint density at radius 2 is 2.00 bits per heavy atom. The Labute approximate surface area is 98.5 Å². The molecule has 8 aliphatic carbocycles. The van der Waals surface area contributed by atoms with E-state index in [0.29, 0.717) is 0 Å². The van der Waals surface area contributed by atoms with Gasteiger partial charge in [0.15, 0.2) is 0 Å². The maximum absolute atomic E-state index is 2.64. The van der Waals surface area contributed by atoms with Gasteiger partial charge < -0.3 is 0 Å². The molecule has 0 nitrogen and oxygen atoms in total. The van der Waals surface area contributed by atoms with Gasteiger partial charge in [-0.15, -0.1) is 0 Å². The molecule has 0 aliphatic heterocycles. The normalized spacial score (nSPS) is 61.0. The number of rotatable bonds is 1. The fraction of sp³-hybridized carbons (Fsp3) is 0.875. The van der Waals surface area contributed by atoms with E-state index in [0.717, 1.165) is 17.3 Å². The molecule has 4 atom stereocenters. The van der Waals surface area contributed by atoms with E-state index in [9.17, 15) is 0 Å². The summed E-state index contributed by atoms with van der Waals surface area (Å²) in [5.41, 5.74) is 2.69. The number of hydrogen-bond donors (Lipinski definition) is 0. The standard InChI is InChI=1S/C16H22/c1-2-14-13(1)6-15(14)16-7-11-3-10(4-11)5-12(8-16)9-16/h3,10,12-15H,1-2,4-9H2. The highest BCUT2D eigenvalue weighted by molar-refractivity contribution is 5.25. The zero-order chi connectivity index (χ0) is 10.3. The number of allylic oxidation sites excluding steroid dienone is 2. The summed E-state index contributed by atoms with van der Waals surface area (Å²) in [4.78, 5) is 0. The van der Waals surface area contributed by atoms with Gasteiger partial charge in [0.2, 0.25) is 0 Å². The van der Waals surface area contributed by atoms with E-state index < -0.39 is 0 Å². The minimum absolute atomic E-state index is 0.837. The molecule has 16 heavy (non-hydrogen) atoms. The van der Waals surface area contributed by atoms with Crippen LogP contribution in [0.3, 0.4) is 0 Å². The van der Waals surface area contributed by atoms with Gasteiger partial charge in [-0.1, -0.05) is 11.6 Å². The van der Waals surface area contributed by atoms with Gasteiger partial charge in [0.1, 0.15) is 0 Å². The summed E-state index contributed by atoms with van der Waals surface area (Å²) in [7, 11) is 0. The second kappa shape index (κ2) is 2.60. The van der Waals surface area contributed by atoms with Gasteiger partial charge in [0, 0.05) is 0 Å². The fourth-order valence-corrected chi connectivity index (χ4v) is 6.06. The van der Waals surface area contributed by atoms with Crippen molar-refractivity contribution in [2.24, 2.45) is 35.0 Å². The highest BCUT2D eigenvalue weighted by Crippen LogP contribution is 2.70. The quantitative estimate of drug-likeness (QED) is 0.575. The van der Waals surface area contributed by atoms with Crippen LogP contribution in [-0.4, -0.2) is 0 Å². The first-order valence-corrected chi connectivity index (χ1v) is 7.52. The lowest BCUT2D eigenvalue weighted by Crippen LogP contribution is -2.58. The second-order valence-corrected chi connectivity index (χ2v) is 7.68. The highest BCUT2D eigenvalue weighted by Gasteiger charge is 2.61. The molecule has 4 unspecified atom stereocenters. The summed E-state index contributed by atoms with van der Waals surface area (Å²) in [5, 5.41) is 0. The Morgan fingerprint density at radius 3 is 2.62 bits per heavy atom. The van der Waals surface area contributed by atoms with Crippen LogP contribution in [0.5, 0.6) is 0 Å². The van der Waals surface area contributed by atoms with Gasteiger partial charge in [0.05, 0.1) is 0 Å². The molecule has 86 valence electrons. The van der Waals surface area contributed by atoms with E-state index in [-0.39, 0.29) is 0 Å². The lowest BCUT2D eigenvalue weighted by atomic mass is 9.38. The predicted octanol–water partition coefficient (Wildman–Crippen LogP) is 4.17. The van der Waals surface area contributed by atoms with Gasteiger partial charge in [0.25, 0.3) is 0 Å². The van der Waals surface area contributed by atoms with Crippen molar-refractivity contribution in [1.29, 1.82) is 0 Å².